The van der Waals surface area contributed by atoms with Crippen LogP contribution in [0, 0.1) is 17.8 Å². The van der Waals surface area contributed by atoms with Gasteiger partial charge in [0.15, 0.2) is 0 Å². The molecule has 2 bridgehead atoms. The molecule has 4 atom stereocenters. The zero-order valence-electron chi connectivity index (χ0n) is 12.5. The van der Waals surface area contributed by atoms with Crippen molar-refractivity contribution in [3.8, 4) is 0 Å². The van der Waals surface area contributed by atoms with Gasteiger partial charge in [0.1, 0.15) is 10.7 Å². The predicted molar refractivity (Wildman–Crippen MR) is 82.5 cm³/mol. The van der Waals surface area contributed by atoms with E-state index in [4.69, 9.17) is 0 Å². The van der Waals surface area contributed by atoms with Gasteiger partial charge in [0.2, 0.25) is 10.0 Å². The molecule has 1 heterocycles. The Morgan fingerprint density at radius 3 is 2.62 bits per heavy atom. The van der Waals surface area contributed by atoms with Gasteiger partial charge in [0.25, 0.3) is 0 Å². The SMILES string of the molecule is CNc1ccc(S(=O)(=O)NC(C)C2CC3CCC2C3)cn1. The van der Waals surface area contributed by atoms with Crippen molar-refractivity contribution in [3.05, 3.63) is 18.3 Å². The molecule has 21 heavy (non-hydrogen) atoms. The fraction of sp³-hybridized carbons (Fsp3) is 0.667. The Balaban J connectivity index is 1.70. The van der Waals surface area contributed by atoms with Crippen LogP contribution in [0.5, 0.6) is 0 Å². The van der Waals surface area contributed by atoms with E-state index in [0.29, 0.717) is 17.7 Å². The van der Waals surface area contributed by atoms with Crippen LogP contribution in [-0.4, -0.2) is 26.5 Å². The lowest BCUT2D eigenvalue weighted by atomic mass is 9.84. The summed E-state index contributed by atoms with van der Waals surface area (Å²) in [6, 6.07) is 3.26. The van der Waals surface area contributed by atoms with Gasteiger partial charge in [0.05, 0.1) is 0 Å². The summed E-state index contributed by atoms with van der Waals surface area (Å²) in [5, 5.41) is 2.88. The van der Waals surface area contributed by atoms with Gasteiger partial charge in [-0.1, -0.05) is 6.42 Å². The highest BCUT2D eigenvalue weighted by Gasteiger charge is 2.42. The van der Waals surface area contributed by atoms with Crippen LogP contribution in [0.1, 0.15) is 32.6 Å². The van der Waals surface area contributed by atoms with E-state index >= 15 is 0 Å². The van der Waals surface area contributed by atoms with Gasteiger partial charge in [-0.3, -0.25) is 0 Å². The van der Waals surface area contributed by atoms with E-state index in [1.54, 1.807) is 19.2 Å². The van der Waals surface area contributed by atoms with Crippen LogP contribution < -0.4 is 10.0 Å². The van der Waals surface area contributed by atoms with Gasteiger partial charge < -0.3 is 5.32 Å². The van der Waals surface area contributed by atoms with E-state index < -0.39 is 10.0 Å². The number of nitrogens with zero attached hydrogens (tertiary/aromatic N) is 1. The number of sulfonamides is 1. The first-order valence-electron chi connectivity index (χ1n) is 7.65. The summed E-state index contributed by atoms with van der Waals surface area (Å²) in [5.41, 5.74) is 0. The number of aromatic nitrogens is 1. The molecule has 0 spiro atoms. The third-order valence-electron chi connectivity index (χ3n) is 5.08. The first-order valence-corrected chi connectivity index (χ1v) is 9.14. The quantitative estimate of drug-likeness (QED) is 0.875. The van der Waals surface area contributed by atoms with Crippen LogP contribution in [0.4, 0.5) is 5.82 Å². The molecule has 2 fully saturated rings. The highest BCUT2D eigenvalue weighted by molar-refractivity contribution is 7.89. The molecule has 1 aromatic heterocycles. The van der Waals surface area contributed by atoms with Gasteiger partial charge >= 0.3 is 0 Å². The molecule has 6 heteroatoms. The number of hydrogen-bond acceptors (Lipinski definition) is 4. The molecule has 0 radical (unpaired) electrons. The Labute approximate surface area is 126 Å². The van der Waals surface area contributed by atoms with Crippen molar-refractivity contribution in [3.63, 3.8) is 0 Å². The fourth-order valence-corrected chi connectivity index (χ4v) is 5.23. The van der Waals surface area contributed by atoms with E-state index in [-0.39, 0.29) is 10.9 Å². The second-order valence-electron chi connectivity index (χ2n) is 6.38. The topological polar surface area (TPSA) is 71.1 Å². The minimum atomic E-state index is -3.48. The van der Waals surface area contributed by atoms with Crippen LogP contribution in [0.25, 0.3) is 0 Å². The van der Waals surface area contributed by atoms with Crippen molar-refractivity contribution in [2.75, 3.05) is 12.4 Å². The molecule has 3 rings (SSSR count). The van der Waals surface area contributed by atoms with E-state index in [2.05, 4.69) is 15.0 Å². The highest BCUT2D eigenvalue weighted by atomic mass is 32.2. The van der Waals surface area contributed by atoms with Gasteiger partial charge in [-0.15, -0.1) is 0 Å². The van der Waals surface area contributed by atoms with Crippen molar-refractivity contribution < 1.29 is 8.42 Å². The normalized spacial score (nSPS) is 29.5. The van der Waals surface area contributed by atoms with Gasteiger partial charge in [0, 0.05) is 19.3 Å². The number of anilines is 1. The zero-order valence-corrected chi connectivity index (χ0v) is 13.4. The predicted octanol–water partition coefficient (Wildman–Crippen LogP) is 2.23. The number of rotatable bonds is 5. The lowest BCUT2D eigenvalue weighted by Gasteiger charge is -2.28. The lowest BCUT2D eigenvalue weighted by molar-refractivity contribution is 0.280. The van der Waals surface area contributed by atoms with Crippen molar-refractivity contribution in [2.24, 2.45) is 17.8 Å². The van der Waals surface area contributed by atoms with Gasteiger partial charge in [-0.2, -0.15) is 0 Å². The monoisotopic (exact) mass is 309 g/mol. The summed E-state index contributed by atoms with van der Waals surface area (Å²) in [6.45, 7) is 2.00. The first-order chi connectivity index (χ1) is 9.99. The van der Waals surface area contributed by atoms with Crippen molar-refractivity contribution in [1.82, 2.24) is 9.71 Å². The summed E-state index contributed by atoms with van der Waals surface area (Å²) in [7, 11) is -1.72. The van der Waals surface area contributed by atoms with E-state index in [9.17, 15) is 8.42 Å². The Morgan fingerprint density at radius 1 is 1.29 bits per heavy atom. The Morgan fingerprint density at radius 2 is 2.10 bits per heavy atom. The molecule has 116 valence electrons. The van der Waals surface area contributed by atoms with Crippen molar-refractivity contribution in [2.45, 2.75) is 43.5 Å². The molecule has 1 aromatic rings. The average molecular weight is 309 g/mol. The minimum Gasteiger partial charge on any atom is -0.373 e. The third-order valence-corrected chi connectivity index (χ3v) is 6.62. The van der Waals surface area contributed by atoms with E-state index in [1.807, 2.05) is 6.92 Å². The lowest BCUT2D eigenvalue weighted by Crippen LogP contribution is -2.40. The molecular formula is C15H23N3O2S. The molecule has 0 saturated heterocycles. The zero-order chi connectivity index (χ0) is 15.0. The second kappa shape index (κ2) is 5.57. The molecule has 2 N–H and O–H groups in total. The molecule has 0 aromatic carbocycles. The summed E-state index contributed by atoms with van der Waals surface area (Å²) in [4.78, 5) is 4.31. The molecular weight excluding hydrogens is 286 g/mol. The standard InChI is InChI=1S/C15H23N3O2S/c1-10(14-8-11-3-4-12(14)7-11)18-21(19,20)13-5-6-15(16-2)17-9-13/h5-6,9-12,14,18H,3-4,7-8H2,1-2H3,(H,16,17). The maximum absolute atomic E-state index is 12.4. The fourth-order valence-electron chi connectivity index (χ4n) is 3.99. The van der Waals surface area contributed by atoms with E-state index in [1.165, 1.54) is 31.9 Å². The van der Waals surface area contributed by atoms with Crippen LogP contribution in [0.3, 0.4) is 0 Å². The van der Waals surface area contributed by atoms with Crippen LogP contribution in [-0.2, 0) is 10.0 Å². The molecule has 2 saturated carbocycles. The smallest absolute Gasteiger partial charge is 0.242 e. The largest absolute Gasteiger partial charge is 0.373 e. The van der Waals surface area contributed by atoms with Gasteiger partial charge in [-0.05, 0) is 56.1 Å². The van der Waals surface area contributed by atoms with Gasteiger partial charge in [-0.25, -0.2) is 18.1 Å². The Hall–Kier alpha value is -1.14. The maximum Gasteiger partial charge on any atom is 0.242 e. The minimum absolute atomic E-state index is 0.00530. The van der Waals surface area contributed by atoms with Crippen LogP contribution in [0.15, 0.2) is 23.2 Å². The molecule has 2 aliphatic rings. The van der Waals surface area contributed by atoms with Crippen molar-refractivity contribution in [1.29, 1.82) is 0 Å². The Kier molecular flexibility index (Phi) is 3.92. The Bertz CT molecular complexity index is 600. The molecule has 5 nitrogen and oxygen atoms in total. The van der Waals surface area contributed by atoms with Crippen LogP contribution in [0.2, 0.25) is 0 Å². The summed E-state index contributed by atoms with van der Waals surface area (Å²) >= 11 is 0. The summed E-state index contributed by atoms with van der Waals surface area (Å²) in [6.07, 6.45) is 6.46. The van der Waals surface area contributed by atoms with Crippen molar-refractivity contribution >= 4 is 15.8 Å². The third kappa shape index (κ3) is 2.92. The molecule has 0 amide bonds. The number of hydrogen-bond donors (Lipinski definition) is 2. The number of pyridine rings is 1. The summed E-state index contributed by atoms with van der Waals surface area (Å²) < 4.78 is 27.7. The average Bonchev–Trinajstić information content (AvgIpc) is 3.09. The maximum atomic E-state index is 12.4. The van der Waals surface area contributed by atoms with Crippen LogP contribution >= 0.6 is 0 Å². The highest BCUT2D eigenvalue weighted by Crippen LogP contribution is 2.49. The number of nitrogens with one attached hydrogen (secondary N) is 2. The van der Waals surface area contributed by atoms with E-state index in [0.717, 1.165) is 5.92 Å². The first kappa shape index (κ1) is 14.8. The molecule has 2 aliphatic carbocycles. The molecule has 0 aliphatic heterocycles. The summed E-state index contributed by atoms with van der Waals surface area (Å²) in [5.74, 6) is 2.68. The molecule has 4 unspecified atom stereocenters. The number of fused-ring (bicyclic) bond motifs is 2. The second-order valence-corrected chi connectivity index (χ2v) is 8.09.